The standard InChI is InChI=1S/C15H16O4/c1-2-3-6-9-18-15(17)14-10-12(16)11-7-4-5-8-13(11)19-14/h4-5,7-8,10H,2-3,6,9H2,1H3. The maximum absolute atomic E-state index is 11.8. The number of ether oxygens (including phenoxy) is 1. The van der Waals surface area contributed by atoms with Crippen LogP contribution in [0.3, 0.4) is 0 Å². The van der Waals surface area contributed by atoms with E-state index in [4.69, 9.17) is 9.15 Å². The Kier molecular flexibility index (Phi) is 4.34. The molecule has 0 unspecified atom stereocenters. The Balaban J connectivity index is 2.16. The molecule has 0 N–H and O–H groups in total. The summed E-state index contributed by atoms with van der Waals surface area (Å²) in [4.78, 5) is 23.6. The first-order chi connectivity index (χ1) is 9.22. The topological polar surface area (TPSA) is 56.5 Å². The number of hydrogen-bond donors (Lipinski definition) is 0. The van der Waals surface area contributed by atoms with Crippen LogP contribution in [0.5, 0.6) is 0 Å². The van der Waals surface area contributed by atoms with Gasteiger partial charge in [-0.25, -0.2) is 4.79 Å². The molecule has 2 aromatic rings. The second-order valence-electron chi connectivity index (χ2n) is 4.31. The highest BCUT2D eigenvalue weighted by atomic mass is 16.5. The molecule has 1 aromatic carbocycles. The van der Waals surface area contributed by atoms with Gasteiger partial charge >= 0.3 is 5.97 Å². The van der Waals surface area contributed by atoms with E-state index in [1.807, 2.05) is 0 Å². The summed E-state index contributed by atoms with van der Waals surface area (Å²) in [5, 5.41) is 0.463. The van der Waals surface area contributed by atoms with Gasteiger partial charge in [0.25, 0.3) is 0 Å². The van der Waals surface area contributed by atoms with Crippen molar-refractivity contribution in [3.05, 3.63) is 46.3 Å². The predicted molar refractivity (Wildman–Crippen MR) is 72.3 cm³/mol. The number of hydrogen-bond acceptors (Lipinski definition) is 4. The van der Waals surface area contributed by atoms with Gasteiger partial charge in [0.2, 0.25) is 5.76 Å². The fourth-order valence-electron chi connectivity index (χ4n) is 1.79. The quantitative estimate of drug-likeness (QED) is 0.612. The minimum absolute atomic E-state index is 0.0415. The first-order valence-electron chi connectivity index (χ1n) is 6.42. The Morgan fingerprint density at radius 2 is 2.05 bits per heavy atom. The smallest absolute Gasteiger partial charge is 0.374 e. The van der Waals surface area contributed by atoms with E-state index in [1.54, 1.807) is 24.3 Å². The van der Waals surface area contributed by atoms with Crippen molar-refractivity contribution in [1.82, 2.24) is 0 Å². The van der Waals surface area contributed by atoms with Crippen LogP contribution in [-0.2, 0) is 4.74 Å². The molecule has 1 heterocycles. The summed E-state index contributed by atoms with van der Waals surface area (Å²) < 4.78 is 10.4. The van der Waals surface area contributed by atoms with Gasteiger partial charge in [0.1, 0.15) is 5.58 Å². The fraction of sp³-hybridized carbons (Fsp3) is 0.333. The van der Waals surface area contributed by atoms with Crippen LogP contribution >= 0.6 is 0 Å². The normalized spacial score (nSPS) is 10.6. The van der Waals surface area contributed by atoms with Crippen molar-refractivity contribution >= 4 is 16.9 Å². The number of benzene rings is 1. The third-order valence-electron chi connectivity index (χ3n) is 2.82. The average Bonchev–Trinajstić information content (AvgIpc) is 2.43. The summed E-state index contributed by atoms with van der Waals surface area (Å²) in [5.74, 6) is -0.626. The molecule has 0 radical (unpaired) electrons. The molecule has 0 aliphatic heterocycles. The Labute approximate surface area is 111 Å². The monoisotopic (exact) mass is 260 g/mol. The molecule has 0 aliphatic carbocycles. The molecule has 0 bridgehead atoms. The molecular formula is C15H16O4. The number of carbonyl (C=O) groups is 1. The summed E-state index contributed by atoms with van der Waals surface area (Å²) >= 11 is 0. The zero-order valence-electron chi connectivity index (χ0n) is 10.8. The SMILES string of the molecule is CCCCCOC(=O)c1cc(=O)c2ccccc2o1. The summed E-state index contributed by atoms with van der Waals surface area (Å²) in [5.41, 5.74) is 0.165. The number of para-hydroxylation sites is 1. The molecule has 0 atom stereocenters. The molecule has 0 saturated carbocycles. The van der Waals surface area contributed by atoms with Crippen LogP contribution in [0.2, 0.25) is 0 Å². The molecule has 0 aliphatic rings. The van der Waals surface area contributed by atoms with Crippen LogP contribution in [0, 0.1) is 0 Å². The molecule has 4 nitrogen and oxygen atoms in total. The van der Waals surface area contributed by atoms with Crippen LogP contribution in [-0.4, -0.2) is 12.6 Å². The first-order valence-corrected chi connectivity index (χ1v) is 6.42. The summed E-state index contributed by atoms with van der Waals surface area (Å²) in [6.45, 7) is 2.42. The van der Waals surface area contributed by atoms with Crippen molar-refractivity contribution in [2.24, 2.45) is 0 Å². The number of unbranched alkanes of at least 4 members (excludes halogenated alkanes) is 2. The molecule has 0 spiro atoms. The van der Waals surface area contributed by atoms with E-state index < -0.39 is 5.97 Å². The van der Waals surface area contributed by atoms with Crippen LogP contribution in [0.25, 0.3) is 11.0 Å². The molecule has 0 saturated heterocycles. The van der Waals surface area contributed by atoms with Gasteiger partial charge in [-0.05, 0) is 18.6 Å². The molecule has 100 valence electrons. The Hall–Kier alpha value is -2.10. The largest absolute Gasteiger partial charge is 0.460 e. The average molecular weight is 260 g/mol. The van der Waals surface area contributed by atoms with E-state index in [0.717, 1.165) is 19.3 Å². The van der Waals surface area contributed by atoms with Crippen molar-refractivity contribution in [2.75, 3.05) is 6.61 Å². The van der Waals surface area contributed by atoms with Gasteiger partial charge in [0.15, 0.2) is 5.43 Å². The highest BCUT2D eigenvalue weighted by Crippen LogP contribution is 2.12. The molecule has 0 fully saturated rings. The molecule has 4 heteroatoms. The van der Waals surface area contributed by atoms with E-state index in [-0.39, 0.29) is 11.2 Å². The Bertz CT molecular complexity index is 627. The zero-order valence-corrected chi connectivity index (χ0v) is 10.8. The van der Waals surface area contributed by atoms with Crippen molar-refractivity contribution in [3.8, 4) is 0 Å². The van der Waals surface area contributed by atoms with Crippen LogP contribution in [0.15, 0.2) is 39.5 Å². The molecule has 1 aromatic heterocycles. The van der Waals surface area contributed by atoms with E-state index in [9.17, 15) is 9.59 Å². The first kappa shape index (κ1) is 13.3. The van der Waals surface area contributed by atoms with Crippen molar-refractivity contribution in [3.63, 3.8) is 0 Å². The minimum Gasteiger partial charge on any atom is -0.460 e. The molecule has 19 heavy (non-hydrogen) atoms. The van der Waals surface area contributed by atoms with Crippen LogP contribution in [0.4, 0.5) is 0 Å². The van der Waals surface area contributed by atoms with Gasteiger partial charge in [-0.2, -0.15) is 0 Å². The second-order valence-corrected chi connectivity index (χ2v) is 4.31. The summed E-state index contributed by atoms with van der Waals surface area (Å²) in [7, 11) is 0. The van der Waals surface area contributed by atoms with E-state index in [2.05, 4.69) is 6.92 Å². The van der Waals surface area contributed by atoms with E-state index in [0.29, 0.717) is 17.6 Å². The number of esters is 1. The van der Waals surface area contributed by atoms with E-state index in [1.165, 1.54) is 6.07 Å². The lowest BCUT2D eigenvalue weighted by Gasteiger charge is -2.04. The lowest BCUT2D eigenvalue weighted by atomic mass is 10.2. The van der Waals surface area contributed by atoms with Gasteiger partial charge < -0.3 is 9.15 Å². The van der Waals surface area contributed by atoms with Gasteiger partial charge in [-0.1, -0.05) is 31.9 Å². The third-order valence-corrected chi connectivity index (χ3v) is 2.82. The Morgan fingerprint density at radius 3 is 2.84 bits per heavy atom. The van der Waals surface area contributed by atoms with Crippen molar-refractivity contribution in [1.29, 1.82) is 0 Å². The maximum atomic E-state index is 11.8. The predicted octanol–water partition coefficient (Wildman–Crippen LogP) is 3.14. The molecular weight excluding hydrogens is 244 g/mol. The maximum Gasteiger partial charge on any atom is 0.374 e. The minimum atomic E-state index is -0.584. The molecule has 2 rings (SSSR count). The third kappa shape index (κ3) is 3.22. The number of fused-ring (bicyclic) bond motifs is 1. The van der Waals surface area contributed by atoms with Gasteiger partial charge in [0.05, 0.1) is 12.0 Å². The molecule has 0 amide bonds. The highest BCUT2D eigenvalue weighted by Gasteiger charge is 2.13. The van der Waals surface area contributed by atoms with E-state index >= 15 is 0 Å². The van der Waals surface area contributed by atoms with Gasteiger partial charge in [-0.3, -0.25) is 4.79 Å². The second kappa shape index (κ2) is 6.18. The summed E-state index contributed by atoms with van der Waals surface area (Å²) in [6, 6.07) is 8.01. The van der Waals surface area contributed by atoms with Crippen LogP contribution < -0.4 is 5.43 Å². The zero-order chi connectivity index (χ0) is 13.7. The van der Waals surface area contributed by atoms with Gasteiger partial charge in [-0.15, -0.1) is 0 Å². The lowest BCUT2D eigenvalue weighted by Crippen LogP contribution is -2.10. The number of carbonyl (C=O) groups excluding carboxylic acids is 1. The lowest BCUT2D eigenvalue weighted by molar-refractivity contribution is 0.0462. The van der Waals surface area contributed by atoms with Gasteiger partial charge in [0, 0.05) is 6.07 Å². The van der Waals surface area contributed by atoms with Crippen molar-refractivity contribution in [2.45, 2.75) is 26.2 Å². The summed E-state index contributed by atoms with van der Waals surface area (Å²) in [6.07, 6.45) is 2.89. The fourth-order valence-corrected chi connectivity index (χ4v) is 1.79. The van der Waals surface area contributed by atoms with Crippen molar-refractivity contribution < 1.29 is 13.9 Å². The highest BCUT2D eigenvalue weighted by molar-refractivity contribution is 5.88. The number of rotatable bonds is 5. The van der Waals surface area contributed by atoms with Crippen LogP contribution in [0.1, 0.15) is 36.7 Å². The Morgan fingerprint density at radius 1 is 1.26 bits per heavy atom.